The number of carboxylic acids is 1. The van der Waals surface area contributed by atoms with Crippen LogP contribution in [0.3, 0.4) is 0 Å². The van der Waals surface area contributed by atoms with Gasteiger partial charge in [-0.05, 0) is 125 Å². The molecule has 2 bridgehead atoms. The normalized spacial score (nSPS) is 22.2. The van der Waals surface area contributed by atoms with Crippen LogP contribution >= 0.6 is 0 Å². The molecule has 29 nitrogen and oxygen atoms in total. The van der Waals surface area contributed by atoms with Crippen molar-refractivity contribution in [2.45, 2.75) is 226 Å². The molecule has 2 aromatic carbocycles. The van der Waals surface area contributed by atoms with Gasteiger partial charge in [-0.1, -0.05) is 101 Å². The van der Waals surface area contributed by atoms with Crippen LogP contribution in [0.5, 0.6) is 0 Å². The van der Waals surface area contributed by atoms with E-state index < -0.39 is 166 Å². The molecule has 0 spiro atoms. The second-order valence-corrected chi connectivity index (χ2v) is 29.1. The summed E-state index contributed by atoms with van der Waals surface area (Å²) in [6.45, 7) is 24.4. The third-order valence-corrected chi connectivity index (χ3v) is 16.5. The highest BCUT2D eigenvalue weighted by Crippen LogP contribution is 2.20. The van der Waals surface area contributed by atoms with Crippen molar-refractivity contribution < 1.29 is 81.6 Å². The van der Waals surface area contributed by atoms with Gasteiger partial charge in [0.15, 0.2) is 0 Å². The summed E-state index contributed by atoms with van der Waals surface area (Å²) in [6, 6.07) is 3.56. The molecule has 2 aromatic rings. The molecule has 11 atom stereocenters. The number of ether oxygens (including phenoxy) is 3. The highest BCUT2D eigenvalue weighted by atomic mass is 16.6. The number of hydrogen-bond donors (Lipinski definition) is 9. The lowest BCUT2D eigenvalue weighted by molar-refractivity contribution is -0.159. The zero-order valence-electron chi connectivity index (χ0n) is 61.1. The third-order valence-electron chi connectivity index (χ3n) is 16.5. The number of carboxylic acid groups (broad SMARTS) is 1. The van der Waals surface area contributed by atoms with E-state index in [1.165, 1.54) is 45.0 Å². The molecule has 0 radical (unpaired) electrons. The summed E-state index contributed by atoms with van der Waals surface area (Å²) in [7, 11) is 2.74. The van der Waals surface area contributed by atoms with Gasteiger partial charge >= 0.3 is 24.1 Å². The topological polar surface area (TPSA) is 379 Å². The Hall–Kier alpha value is -9.15. The Labute approximate surface area is 587 Å². The van der Waals surface area contributed by atoms with Crippen LogP contribution in [0.1, 0.15) is 147 Å². The van der Waals surface area contributed by atoms with Gasteiger partial charge < -0.3 is 66.8 Å². The summed E-state index contributed by atoms with van der Waals surface area (Å²) in [5, 5.41) is 32.4. The highest BCUT2D eigenvalue weighted by molar-refractivity contribution is 5.98. The van der Waals surface area contributed by atoms with Crippen molar-refractivity contribution in [1.29, 1.82) is 0 Å². The smallest absolute Gasteiger partial charge is 0.410 e. The summed E-state index contributed by atoms with van der Waals surface area (Å²) in [4.78, 5) is 189. The number of hydrogen-bond acceptors (Lipinski definition) is 17. The van der Waals surface area contributed by atoms with Crippen LogP contribution in [-0.4, -0.2) is 226 Å². The molecular formula is C71H108N12O17. The second-order valence-electron chi connectivity index (χ2n) is 29.1. The number of likely N-dealkylation sites (N-methyl/N-ethyl adjacent to an activating group) is 2. The number of carbonyl (C=O) groups excluding carboxylic acids is 12. The van der Waals surface area contributed by atoms with Gasteiger partial charge in [-0.25, -0.2) is 19.2 Å². The summed E-state index contributed by atoms with van der Waals surface area (Å²) in [6.07, 6.45) is -0.0936. The molecular weight excluding hydrogens is 1290 g/mol. The Balaban J connectivity index is 1.81. The van der Waals surface area contributed by atoms with E-state index >= 15 is 4.79 Å². The van der Waals surface area contributed by atoms with Crippen LogP contribution in [-0.2, 0) is 79.8 Å². The summed E-state index contributed by atoms with van der Waals surface area (Å²) in [5.74, 6) is -10.5. The number of carbonyl (C=O) groups is 13. The first kappa shape index (κ1) is 83.3. The van der Waals surface area contributed by atoms with Crippen molar-refractivity contribution in [2.75, 3.05) is 46.8 Å². The Morgan fingerprint density at radius 3 is 1.51 bits per heavy atom. The minimum absolute atomic E-state index is 0.0273. The molecule has 11 amide bonds. The zero-order chi connectivity index (χ0) is 75.1. The van der Waals surface area contributed by atoms with Crippen molar-refractivity contribution in [1.82, 2.24) is 62.1 Å². The maximum atomic E-state index is 15.1. The van der Waals surface area contributed by atoms with Gasteiger partial charge in [-0.3, -0.25) is 57.9 Å². The van der Waals surface area contributed by atoms with Crippen molar-refractivity contribution in [3.8, 4) is 0 Å². The SMILES string of the molecule is CC(C)[C@H](NC(=O)[C@H](C)N(C)C(=O)OC(C)(C)C)C(=O)N[C@H]1C/C=C/CC[C@@H](C(=O)O)NC(=O)[C@H](Cc2ccccc2)NC(=O)[C@@H]2CN(CCNC(=O)CC[C@@H](C(=O)OC(C)(C)C)NC(=O)[C@H](Cc3ccccc3)NC1=O)CCN2C(=O)[C@@H](NC(=O)[C@H](C)N(C)C(=O)OC(C)(C)C)C(C)C. The number of aliphatic carboxylic acids is 1. The van der Waals surface area contributed by atoms with Gasteiger partial charge in [0.25, 0.3) is 0 Å². The lowest BCUT2D eigenvalue weighted by Crippen LogP contribution is -2.66. The number of amides is 11. The van der Waals surface area contributed by atoms with E-state index in [4.69, 9.17) is 14.2 Å². The lowest BCUT2D eigenvalue weighted by Gasteiger charge is -2.43. The van der Waals surface area contributed by atoms with E-state index in [0.717, 1.165) is 9.80 Å². The van der Waals surface area contributed by atoms with Crippen LogP contribution in [0, 0.1) is 11.8 Å². The number of benzene rings is 2. The van der Waals surface area contributed by atoms with Crippen LogP contribution in [0.15, 0.2) is 72.8 Å². The second kappa shape index (κ2) is 37.9. The molecule has 2 aliphatic rings. The molecule has 100 heavy (non-hydrogen) atoms. The molecule has 2 aliphatic heterocycles. The Kier molecular flexibility index (Phi) is 31.5. The summed E-state index contributed by atoms with van der Waals surface area (Å²) >= 11 is 0. The first-order valence-corrected chi connectivity index (χ1v) is 34.1. The molecule has 4 rings (SSSR count). The Bertz CT molecular complexity index is 3200. The van der Waals surface area contributed by atoms with Crippen LogP contribution in [0.2, 0.25) is 0 Å². The van der Waals surface area contributed by atoms with Crippen LogP contribution in [0.25, 0.3) is 0 Å². The first-order chi connectivity index (χ1) is 46.6. The number of fused-ring (bicyclic) bond motifs is 2. The van der Waals surface area contributed by atoms with E-state index in [1.54, 1.807) is 156 Å². The van der Waals surface area contributed by atoms with Gasteiger partial charge in [-0.15, -0.1) is 0 Å². The van der Waals surface area contributed by atoms with Gasteiger partial charge in [-0.2, -0.15) is 0 Å². The van der Waals surface area contributed by atoms with Crippen molar-refractivity contribution >= 4 is 77.3 Å². The third kappa shape index (κ3) is 27.5. The largest absolute Gasteiger partial charge is 0.480 e. The number of esters is 1. The number of allylic oxidation sites excluding steroid dienone is 1. The van der Waals surface area contributed by atoms with Gasteiger partial charge in [0, 0.05) is 66.1 Å². The van der Waals surface area contributed by atoms with E-state index in [9.17, 15) is 62.6 Å². The molecule has 554 valence electrons. The maximum Gasteiger partial charge on any atom is 0.410 e. The van der Waals surface area contributed by atoms with E-state index in [0.29, 0.717) is 11.1 Å². The Morgan fingerprint density at radius 1 is 0.570 bits per heavy atom. The van der Waals surface area contributed by atoms with Gasteiger partial charge in [0.1, 0.15) is 77.2 Å². The van der Waals surface area contributed by atoms with E-state index in [2.05, 4.69) is 42.5 Å². The van der Waals surface area contributed by atoms with Crippen LogP contribution in [0.4, 0.5) is 9.59 Å². The minimum atomic E-state index is -1.58. The molecule has 0 aromatic heterocycles. The number of nitrogens with zero attached hydrogens (tertiary/aromatic N) is 4. The molecule has 1 fully saturated rings. The minimum Gasteiger partial charge on any atom is -0.480 e. The fraction of sp³-hybridized carbons (Fsp3) is 0.620. The first-order valence-electron chi connectivity index (χ1n) is 34.1. The van der Waals surface area contributed by atoms with Crippen molar-refractivity contribution in [2.24, 2.45) is 11.8 Å². The fourth-order valence-electron chi connectivity index (χ4n) is 10.5. The summed E-state index contributed by atoms with van der Waals surface area (Å²) in [5.41, 5.74) is -1.68. The van der Waals surface area contributed by atoms with E-state index in [-0.39, 0.29) is 77.7 Å². The van der Waals surface area contributed by atoms with Gasteiger partial charge in [0.2, 0.25) is 53.2 Å². The van der Waals surface area contributed by atoms with Gasteiger partial charge in [0.05, 0.1) is 0 Å². The molecule has 0 saturated carbocycles. The Morgan fingerprint density at radius 2 is 1.04 bits per heavy atom. The van der Waals surface area contributed by atoms with E-state index in [1.807, 2.05) is 0 Å². The number of rotatable bonds is 17. The van der Waals surface area contributed by atoms with Crippen LogP contribution < -0.4 is 42.5 Å². The quantitative estimate of drug-likeness (QED) is 0.0623. The molecule has 2 heterocycles. The lowest BCUT2D eigenvalue weighted by atomic mass is 9.99. The fourth-order valence-corrected chi connectivity index (χ4v) is 10.5. The zero-order valence-corrected chi connectivity index (χ0v) is 61.1. The average Bonchev–Trinajstić information content (AvgIpc) is 0.805. The molecule has 29 heteroatoms. The molecule has 0 aliphatic carbocycles. The monoisotopic (exact) mass is 1400 g/mol. The predicted octanol–water partition coefficient (Wildman–Crippen LogP) is 3.26. The average molecular weight is 1400 g/mol. The highest BCUT2D eigenvalue weighted by Gasteiger charge is 2.43. The molecule has 9 N–H and O–H groups in total. The van der Waals surface area contributed by atoms with Crippen molar-refractivity contribution in [3.63, 3.8) is 0 Å². The number of nitrogens with one attached hydrogen (secondary N) is 8. The molecule has 1 saturated heterocycles. The standard InChI is InChI=1S/C71H108N12O17/c1-42(2)55(78-57(85)44(5)80(16)67(96)99-70(10,11)12)63(91)73-48-31-25-20-26-32-49(65(93)94)74-60(88)52(40-47-29-23-19-24-30-47)77-62(90)53-41-82(37-38-83(53)64(92)56(43(3)4)79-58(86)45(6)81(17)68(97)100-71(13,14)15)36-35-72-54(84)34-33-50(66(95)98-69(7,8)9)75-61(89)51(76-59(48)87)39-46-27-21-18-22-28-46/h18-25,27-30,42-45,48-53,55-56H,26,31-41H2,1-17H3,(H,72,84)(H,73,91)(H,74,88)(H,75,89)(H,76,87)(H,77,90)(H,78,85)(H,79,86)(H,93,94)/b25-20+/t44-,45-,48-,49-,50-,51-,52-,53-,55-,56-/m0/s1. The predicted molar refractivity (Wildman–Crippen MR) is 371 cm³/mol. The molecule has 1 unspecified atom stereocenters. The number of piperazine rings is 1. The maximum absolute atomic E-state index is 15.1. The summed E-state index contributed by atoms with van der Waals surface area (Å²) < 4.78 is 16.7. The van der Waals surface area contributed by atoms with Crippen molar-refractivity contribution in [3.05, 3.63) is 83.9 Å².